The van der Waals surface area contributed by atoms with Crippen molar-refractivity contribution >= 4 is 34.2 Å². The minimum absolute atomic E-state index is 0.0163. The number of aromatic nitrogens is 3. The topological polar surface area (TPSA) is 89.3 Å². The van der Waals surface area contributed by atoms with Gasteiger partial charge in [0, 0.05) is 37.1 Å². The molecule has 8 nitrogen and oxygen atoms in total. The molecule has 0 radical (unpaired) electrons. The Labute approximate surface area is 204 Å². The smallest absolute Gasteiger partial charge is 0.245 e. The summed E-state index contributed by atoms with van der Waals surface area (Å²) >= 11 is 1.75. The van der Waals surface area contributed by atoms with E-state index in [0.717, 1.165) is 40.7 Å². The van der Waals surface area contributed by atoms with Crippen LogP contribution in [0.5, 0.6) is 5.88 Å². The fourth-order valence-corrected chi connectivity index (χ4v) is 5.71. The molecular formula is C25H33N5O3S. The zero-order valence-corrected chi connectivity index (χ0v) is 21.4. The van der Waals surface area contributed by atoms with Crippen LogP contribution in [0.2, 0.25) is 0 Å². The second kappa shape index (κ2) is 10.1. The van der Waals surface area contributed by atoms with E-state index >= 15 is 0 Å². The van der Waals surface area contributed by atoms with E-state index in [1.165, 1.54) is 10.4 Å². The predicted molar refractivity (Wildman–Crippen MR) is 133 cm³/mol. The number of rotatable bonds is 8. The van der Waals surface area contributed by atoms with Crippen LogP contribution in [0.15, 0.2) is 11.4 Å². The number of nitrogens with one attached hydrogen (secondary N) is 1. The Kier molecular flexibility index (Phi) is 7.21. The SMILES string of the molecule is CCCC(NC(=O)CCc1c(C)nc2c(c(OC)nn2C)c1C)C(=O)N1CCc2sccc2C1. The highest BCUT2D eigenvalue weighted by atomic mass is 32.1. The van der Waals surface area contributed by atoms with Crippen molar-refractivity contribution < 1.29 is 14.3 Å². The number of carbonyl (C=O) groups excluding carboxylic acids is 2. The molecule has 3 aromatic heterocycles. The number of nitrogens with zero attached hydrogens (tertiary/aromatic N) is 4. The molecule has 3 aromatic rings. The van der Waals surface area contributed by atoms with Crippen LogP contribution in [-0.4, -0.2) is 51.2 Å². The summed E-state index contributed by atoms with van der Waals surface area (Å²) in [5, 5.41) is 10.4. The van der Waals surface area contributed by atoms with Crippen LogP contribution >= 0.6 is 11.3 Å². The van der Waals surface area contributed by atoms with Gasteiger partial charge in [0.2, 0.25) is 17.7 Å². The molecule has 1 unspecified atom stereocenters. The summed E-state index contributed by atoms with van der Waals surface area (Å²) in [6.45, 7) is 7.35. The highest BCUT2D eigenvalue weighted by Gasteiger charge is 2.28. The monoisotopic (exact) mass is 483 g/mol. The third-order valence-electron chi connectivity index (χ3n) is 6.65. The molecule has 1 N–H and O–H groups in total. The van der Waals surface area contributed by atoms with Gasteiger partial charge in [-0.1, -0.05) is 13.3 Å². The fourth-order valence-electron chi connectivity index (χ4n) is 4.82. The first-order valence-electron chi connectivity index (χ1n) is 11.8. The second-order valence-electron chi connectivity index (χ2n) is 8.92. The standard InChI is InChI=1S/C25H33N5O3S/c1-6-7-19(25(32)30-12-10-20-17(14-30)11-13-34-20)27-21(31)9-8-18-15(2)22-23(26-16(18)3)29(4)28-24(22)33-5/h11,13,19H,6-10,12,14H2,1-5H3,(H,27,31). The molecule has 0 saturated heterocycles. The minimum atomic E-state index is -0.487. The van der Waals surface area contributed by atoms with Crippen molar-refractivity contribution in [3.05, 3.63) is 38.7 Å². The van der Waals surface area contributed by atoms with Crippen molar-refractivity contribution in [3.63, 3.8) is 0 Å². The highest BCUT2D eigenvalue weighted by Crippen LogP contribution is 2.30. The van der Waals surface area contributed by atoms with Gasteiger partial charge in [-0.15, -0.1) is 16.4 Å². The van der Waals surface area contributed by atoms with Crippen molar-refractivity contribution in [1.82, 2.24) is 25.0 Å². The molecule has 0 spiro atoms. The van der Waals surface area contributed by atoms with Crippen molar-refractivity contribution in [3.8, 4) is 5.88 Å². The van der Waals surface area contributed by atoms with E-state index in [4.69, 9.17) is 9.72 Å². The summed E-state index contributed by atoms with van der Waals surface area (Å²) in [6, 6.07) is 1.61. The largest absolute Gasteiger partial charge is 0.479 e. The number of carbonyl (C=O) groups is 2. The average Bonchev–Trinajstić information content (AvgIpc) is 3.41. The average molecular weight is 484 g/mol. The highest BCUT2D eigenvalue weighted by molar-refractivity contribution is 7.10. The van der Waals surface area contributed by atoms with Crippen molar-refractivity contribution in [2.45, 2.75) is 65.5 Å². The van der Waals surface area contributed by atoms with Gasteiger partial charge < -0.3 is 15.0 Å². The van der Waals surface area contributed by atoms with Crippen LogP contribution in [0.4, 0.5) is 0 Å². The normalized spacial score (nSPS) is 14.2. The van der Waals surface area contributed by atoms with E-state index in [9.17, 15) is 9.59 Å². The zero-order chi connectivity index (χ0) is 24.4. The van der Waals surface area contributed by atoms with Gasteiger partial charge in [-0.3, -0.25) is 9.59 Å². The molecule has 1 atom stereocenters. The quantitative estimate of drug-likeness (QED) is 0.530. The summed E-state index contributed by atoms with van der Waals surface area (Å²) in [4.78, 5) is 34.1. The first-order chi connectivity index (χ1) is 16.3. The van der Waals surface area contributed by atoms with E-state index in [1.54, 1.807) is 23.1 Å². The third-order valence-corrected chi connectivity index (χ3v) is 7.67. The van der Waals surface area contributed by atoms with Crippen LogP contribution in [0, 0.1) is 13.8 Å². The van der Waals surface area contributed by atoms with E-state index in [2.05, 4.69) is 21.9 Å². The Bertz CT molecular complexity index is 1220. The minimum Gasteiger partial charge on any atom is -0.479 e. The molecule has 34 heavy (non-hydrogen) atoms. The Morgan fingerprint density at radius 1 is 1.32 bits per heavy atom. The lowest BCUT2D eigenvalue weighted by atomic mass is 9.99. The van der Waals surface area contributed by atoms with Gasteiger partial charge in [0.25, 0.3) is 0 Å². The molecule has 182 valence electrons. The van der Waals surface area contributed by atoms with Gasteiger partial charge in [-0.25, -0.2) is 9.67 Å². The van der Waals surface area contributed by atoms with E-state index < -0.39 is 6.04 Å². The van der Waals surface area contributed by atoms with Gasteiger partial charge in [-0.05, 0) is 61.2 Å². The summed E-state index contributed by atoms with van der Waals surface area (Å²) in [5.74, 6) is 0.441. The van der Waals surface area contributed by atoms with Crippen LogP contribution in [0.25, 0.3) is 11.0 Å². The van der Waals surface area contributed by atoms with E-state index in [0.29, 0.717) is 38.2 Å². The number of amides is 2. The lowest BCUT2D eigenvalue weighted by molar-refractivity contribution is -0.137. The Morgan fingerprint density at radius 3 is 2.85 bits per heavy atom. The number of hydrogen-bond acceptors (Lipinski definition) is 6. The molecule has 9 heteroatoms. The lowest BCUT2D eigenvalue weighted by Crippen LogP contribution is -2.49. The van der Waals surface area contributed by atoms with Gasteiger partial charge in [-0.2, -0.15) is 0 Å². The van der Waals surface area contributed by atoms with Gasteiger partial charge >= 0.3 is 0 Å². The lowest BCUT2D eigenvalue weighted by Gasteiger charge is -2.31. The number of hydrogen-bond donors (Lipinski definition) is 1. The number of pyridine rings is 1. The van der Waals surface area contributed by atoms with E-state index in [-0.39, 0.29) is 11.8 Å². The number of methoxy groups -OCH3 is 1. The molecule has 0 bridgehead atoms. The Balaban J connectivity index is 1.44. The molecule has 0 fully saturated rings. The maximum Gasteiger partial charge on any atom is 0.245 e. The Hall–Kier alpha value is -2.94. The molecule has 1 aliphatic heterocycles. The first kappa shape index (κ1) is 24.2. The summed E-state index contributed by atoms with van der Waals surface area (Å²) in [5.41, 5.74) is 4.92. The number of thiophene rings is 1. The van der Waals surface area contributed by atoms with Gasteiger partial charge in [0.05, 0.1) is 12.5 Å². The molecule has 0 aromatic carbocycles. The molecule has 4 heterocycles. The Morgan fingerprint density at radius 2 is 2.12 bits per heavy atom. The maximum absolute atomic E-state index is 13.2. The maximum atomic E-state index is 13.2. The van der Waals surface area contributed by atoms with Crippen molar-refractivity contribution in [1.29, 1.82) is 0 Å². The summed E-state index contributed by atoms with van der Waals surface area (Å²) in [7, 11) is 3.44. The van der Waals surface area contributed by atoms with Crippen LogP contribution in [-0.2, 0) is 36.0 Å². The van der Waals surface area contributed by atoms with Crippen molar-refractivity contribution in [2.24, 2.45) is 7.05 Å². The molecular weight excluding hydrogens is 450 g/mol. The number of fused-ring (bicyclic) bond motifs is 2. The predicted octanol–water partition coefficient (Wildman–Crippen LogP) is 3.46. The van der Waals surface area contributed by atoms with Crippen LogP contribution < -0.4 is 10.1 Å². The fraction of sp³-hybridized carbons (Fsp3) is 0.520. The summed E-state index contributed by atoms with van der Waals surface area (Å²) in [6.07, 6.45) is 3.18. The third kappa shape index (κ3) is 4.66. The van der Waals surface area contributed by atoms with E-state index in [1.807, 2.05) is 32.7 Å². The van der Waals surface area contributed by atoms with Crippen LogP contribution in [0.3, 0.4) is 0 Å². The number of ether oxygens (including phenoxy) is 1. The molecule has 1 aliphatic rings. The molecule has 0 saturated carbocycles. The second-order valence-corrected chi connectivity index (χ2v) is 9.92. The van der Waals surface area contributed by atoms with Gasteiger partial charge in [0.15, 0.2) is 5.65 Å². The molecule has 4 rings (SSSR count). The molecule has 2 amide bonds. The first-order valence-corrected chi connectivity index (χ1v) is 12.7. The zero-order valence-electron chi connectivity index (χ0n) is 20.6. The van der Waals surface area contributed by atoms with Crippen LogP contribution in [0.1, 0.15) is 53.4 Å². The number of aryl methyl sites for hydroxylation is 3. The summed E-state index contributed by atoms with van der Waals surface area (Å²) < 4.78 is 7.15. The van der Waals surface area contributed by atoms with Crippen molar-refractivity contribution in [2.75, 3.05) is 13.7 Å². The molecule has 0 aliphatic carbocycles. The van der Waals surface area contributed by atoms with Gasteiger partial charge in [0.1, 0.15) is 6.04 Å².